The number of benzene rings is 2. The van der Waals surface area contributed by atoms with E-state index in [0.29, 0.717) is 5.75 Å². The number of nitrogens with one attached hydrogen (secondary N) is 1. The molecular formula is C28H39N3O6S. The molecule has 3 rings (SSSR count). The lowest BCUT2D eigenvalue weighted by molar-refractivity contribution is -0.139. The average molecular weight is 546 g/mol. The van der Waals surface area contributed by atoms with Crippen LogP contribution in [-0.2, 0) is 26.2 Å². The van der Waals surface area contributed by atoms with Gasteiger partial charge in [-0.05, 0) is 49.9 Å². The molecule has 2 aromatic rings. The van der Waals surface area contributed by atoms with E-state index >= 15 is 0 Å². The molecule has 0 aliphatic heterocycles. The second-order valence-corrected chi connectivity index (χ2v) is 11.7. The number of amides is 2. The fourth-order valence-electron chi connectivity index (χ4n) is 4.71. The zero-order valence-electron chi connectivity index (χ0n) is 22.9. The summed E-state index contributed by atoms with van der Waals surface area (Å²) >= 11 is 0. The molecule has 1 aliphatic carbocycles. The van der Waals surface area contributed by atoms with Gasteiger partial charge in [-0.3, -0.25) is 13.9 Å². The molecule has 0 bridgehead atoms. The number of carbonyl (C=O) groups excluding carboxylic acids is 2. The minimum atomic E-state index is -3.88. The average Bonchev–Trinajstić information content (AvgIpc) is 2.90. The van der Waals surface area contributed by atoms with Gasteiger partial charge in [0.1, 0.15) is 24.1 Å². The van der Waals surface area contributed by atoms with E-state index in [4.69, 9.17) is 9.47 Å². The number of nitrogens with zero attached hydrogens (tertiary/aromatic N) is 2. The van der Waals surface area contributed by atoms with Gasteiger partial charge < -0.3 is 19.7 Å². The van der Waals surface area contributed by atoms with Crippen molar-refractivity contribution in [2.24, 2.45) is 0 Å². The summed E-state index contributed by atoms with van der Waals surface area (Å²) in [5.74, 6) is -0.00899. The normalized spacial score (nSPS) is 14.9. The lowest BCUT2D eigenvalue weighted by Gasteiger charge is -2.33. The smallest absolute Gasteiger partial charge is 0.244 e. The van der Waals surface area contributed by atoms with Crippen LogP contribution in [0.1, 0.15) is 50.2 Å². The van der Waals surface area contributed by atoms with Gasteiger partial charge >= 0.3 is 0 Å². The number of anilines is 1. The number of hydrogen-bond acceptors (Lipinski definition) is 6. The molecule has 1 aliphatic rings. The van der Waals surface area contributed by atoms with E-state index < -0.39 is 28.5 Å². The topological polar surface area (TPSA) is 105 Å². The second kappa shape index (κ2) is 13.0. The Balaban J connectivity index is 1.93. The molecule has 0 saturated heterocycles. The van der Waals surface area contributed by atoms with Crippen LogP contribution in [0.2, 0.25) is 0 Å². The van der Waals surface area contributed by atoms with Gasteiger partial charge in [0.25, 0.3) is 0 Å². The van der Waals surface area contributed by atoms with Crippen LogP contribution in [-0.4, -0.2) is 64.2 Å². The highest BCUT2D eigenvalue weighted by atomic mass is 32.2. The highest BCUT2D eigenvalue weighted by Gasteiger charge is 2.32. The fraction of sp³-hybridized carbons (Fsp3) is 0.500. The molecule has 2 amide bonds. The molecular weight excluding hydrogens is 506 g/mol. The third-order valence-corrected chi connectivity index (χ3v) is 8.18. The molecule has 1 atom stereocenters. The van der Waals surface area contributed by atoms with Crippen LogP contribution in [0.4, 0.5) is 5.69 Å². The summed E-state index contributed by atoms with van der Waals surface area (Å²) < 4.78 is 37.4. The second-order valence-electron chi connectivity index (χ2n) is 9.78. The first-order valence-electron chi connectivity index (χ1n) is 12.9. The van der Waals surface area contributed by atoms with Gasteiger partial charge in [-0.15, -0.1) is 0 Å². The predicted molar refractivity (Wildman–Crippen MR) is 148 cm³/mol. The maximum absolute atomic E-state index is 13.8. The molecule has 10 heteroatoms. The van der Waals surface area contributed by atoms with E-state index in [-0.39, 0.29) is 29.9 Å². The molecule has 0 spiro atoms. The van der Waals surface area contributed by atoms with Gasteiger partial charge in [0, 0.05) is 18.7 Å². The van der Waals surface area contributed by atoms with E-state index in [2.05, 4.69) is 5.32 Å². The molecule has 208 valence electrons. The zero-order valence-corrected chi connectivity index (χ0v) is 23.7. The first-order chi connectivity index (χ1) is 18.0. The van der Waals surface area contributed by atoms with Crippen LogP contribution >= 0.6 is 0 Å². The third-order valence-electron chi connectivity index (χ3n) is 7.06. The van der Waals surface area contributed by atoms with Gasteiger partial charge in [-0.25, -0.2) is 8.42 Å². The molecule has 0 radical (unpaired) electrons. The molecule has 1 unspecified atom stereocenters. The van der Waals surface area contributed by atoms with Crippen molar-refractivity contribution in [1.82, 2.24) is 10.2 Å². The molecule has 9 nitrogen and oxygen atoms in total. The predicted octanol–water partition coefficient (Wildman–Crippen LogP) is 3.64. The largest absolute Gasteiger partial charge is 0.497 e. The standard InChI is InChI=1S/C28H39N3O6S/c1-20-11-9-10-12-22(20)18-30(21(2)28(33)29-23-13-7-6-8-14-23)27(32)19-31(38(5,34)35)25-16-15-24(36-3)17-26(25)37-4/h9-12,15-17,21,23H,6-8,13-14,18-19H2,1-5H3,(H,29,33). The molecule has 2 aromatic carbocycles. The maximum Gasteiger partial charge on any atom is 0.244 e. The Morgan fingerprint density at radius 2 is 1.74 bits per heavy atom. The number of methoxy groups -OCH3 is 2. The summed E-state index contributed by atoms with van der Waals surface area (Å²) in [5, 5.41) is 3.10. The van der Waals surface area contributed by atoms with Crippen LogP contribution < -0.4 is 19.1 Å². The zero-order chi connectivity index (χ0) is 27.9. The molecule has 0 aromatic heterocycles. The summed E-state index contributed by atoms with van der Waals surface area (Å²) in [6, 6.07) is 11.6. The summed E-state index contributed by atoms with van der Waals surface area (Å²) in [5.41, 5.74) is 2.06. The van der Waals surface area contributed by atoms with Crippen molar-refractivity contribution in [3.05, 3.63) is 53.6 Å². The van der Waals surface area contributed by atoms with Crippen LogP contribution in [0.3, 0.4) is 0 Å². The summed E-state index contributed by atoms with van der Waals surface area (Å²) in [7, 11) is -0.969. The van der Waals surface area contributed by atoms with Gasteiger partial charge in [-0.2, -0.15) is 0 Å². The molecule has 0 heterocycles. The van der Waals surface area contributed by atoms with Gasteiger partial charge in [0.2, 0.25) is 21.8 Å². The van der Waals surface area contributed by atoms with E-state index in [1.54, 1.807) is 19.1 Å². The lowest BCUT2D eigenvalue weighted by atomic mass is 9.95. The number of aryl methyl sites for hydroxylation is 1. The monoisotopic (exact) mass is 545 g/mol. The van der Waals surface area contributed by atoms with Crippen molar-refractivity contribution in [1.29, 1.82) is 0 Å². The van der Waals surface area contributed by atoms with Crippen LogP contribution in [0.5, 0.6) is 11.5 Å². The van der Waals surface area contributed by atoms with Gasteiger partial charge in [0.15, 0.2) is 0 Å². The molecule has 1 fully saturated rings. The Morgan fingerprint density at radius 1 is 1.05 bits per heavy atom. The van der Waals surface area contributed by atoms with E-state index in [1.165, 1.54) is 25.2 Å². The van der Waals surface area contributed by atoms with Crippen molar-refractivity contribution < 1.29 is 27.5 Å². The number of rotatable bonds is 11. The van der Waals surface area contributed by atoms with Gasteiger partial charge in [0.05, 0.1) is 26.2 Å². The molecule has 1 saturated carbocycles. The first kappa shape index (κ1) is 29.3. The Bertz CT molecular complexity index is 1230. The van der Waals surface area contributed by atoms with Crippen molar-refractivity contribution in [2.75, 3.05) is 31.3 Å². The Labute approximate surface area is 226 Å². The quantitative estimate of drug-likeness (QED) is 0.462. The van der Waals surface area contributed by atoms with Crippen molar-refractivity contribution in [3.8, 4) is 11.5 Å². The fourth-order valence-corrected chi connectivity index (χ4v) is 5.56. The number of ether oxygens (including phenoxy) is 2. The minimum Gasteiger partial charge on any atom is -0.497 e. The summed E-state index contributed by atoms with van der Waals surface area (Å²) in [6.07, 6.45) is 6.17. The molecule has 1 N–H and O–H groups in total. The lowest BCUT2D eigenvalue weighted by Crippen LogP contribution is -2.53. The number of hydrogen-bond donors (Lipinski definition) is 1. The Hall–Kier alpha value is -3.27. The van der Waals surface area contributed by atoms with Crippen LogP contribution in [0.15, 0.2) is 42.5 Å². The Morgan fingerprint density at radius 3 is 2.34 bits per heavy atom. The van der Waals surface area contributed by atoms with Crippen molar-refractivity contribution in [2.45, 2.75) is 64.6 Å². The van der Waals surface area contributed by atoms with E-state index in [0.717, 1.165) is 53.8 Å². The van der Waals surface area contributed by atoms with Crippen LogP contribution in [0.25, 0.3) is 0 Å². The van der Waals surface area contributed by atoms with Crippen molar-refractivity contribution >= 4 is 27.5 Å². The Kier molecular flexibility index (Phi) is 10.0. The minimum absolute atomic E-state index is 0.0881. The number of carbonyl (C=O) groups is 2. The SMILES string of the molecule is COc1ccc(N(CC(=O)N(Cc2ccccc2C)C(C)C(=O)NC2CCCCC2)S(C)(=O)=O)c(OC)c1. The van der Waals surface area contributed by atoms with Gasteiger partial charge in [-0.1, -0.05) is 43.5 Å². The van der Waals surface area contributed by atoms with E-state index in [9.17, 15) is 18.0 Å². The molecule has 38 heavy (non-hydrogen) atoms. The number of sulfonamides is 1. The highest BCUT2D eigenvalue weighted by Crippen LogP contribution is 2.33. The van der Waals surface area contributed by atoms with Crippen molar-refractivity contribution in [3.63, 3.8) is 0 Å². The van der Waals surface area contributed by atoms with E-state index in [1.807, 2.05) is 31.2 Å². The summed E-state index contributed by atoms with van der Waals surface area (Å²) in [6.45, 7) is 3.30. The highest BCUT2D eigenvalue weighted by molar-refractivity contribution is 7.92. The first-order valence-corrected chi connectivity index (χ1v) is 14.7. The maximum atomic E-state index is 13.8. The van der Waals surface area contributed by atoms with Crippen LogP contribution in [0, 0.1) is 6.92 Å². The third kappa shape index (κ3) is 7.40. The summed E-state index contributed by atoms with van der Waals surface area (Å²) in [4.78, 5) is 28.6.